The van der Waals surface area contributed by atoms with E-state index in [2.05, 4.69) is 4.98 Å². The summed E-state index contributed by atoms with van der Waals surface area (Å²) >= 11 is 0. The number of aromatic nitrogens is 1. The summed E-state index contributed by atoms with van der Waals surface area (Å²) in [7, 11) is 0. The molecule has 0 radical (unpaired) electrons. The minimum absolute atomic E-state index is 0.0530. The van der Waals surface area contributed by atoms with Crippen LogP contribution in [0.2, 0.25) is 0 Å². The van der Waals surface area contributed by atoms with Gasteiger partial charge in [-0.2, -0.15) is 0 Å². The molecule has 1 saturated heterocycles. The number of amides is 1. The van der Waals surface area contributed by atoms with Crippen LogP contribution in [0.4, 0.5) is 5.69 Å². The second-order valence-electron chi connectivity index (χ2n) is 7.87. The lowest BCUT2D eigenvalue weighted by atomic mass is 9.95. The second-order valence-corrected chi connectivity index (χ2v) is 7.87. The third-order valence-electron chi connectivity index (χ3n) is 5.80. The molecule has 2 aliphatic rings. The molecule has 1 atom stereocenters. The molecule has 1 amide bonds. The van der Waals surface area contributed by atoms with Crippen molar-refractivity contribution in [2.75, 3.05) is 11.5 Å². The van der Waals surface area contributed by atoms with Crippen molar-refractivity contribution in [3.8, 4) is 11.5 Å². The van der Waals surface area contributed by atoms with Gasteiger partial charge in [-0.25, -0.2) is 0 Å². The first-order valence-electron chi connectivity index (χ1n) is 10.2. The summed E-state index contributed by atoms with van der Waals surface area (Å²) in [6.45, 7) is 2.39. The van der Waals surface area contributed by atoms with E-state index in [4.69, 9.17) is 4.74 Å². The third kappa shape index (κ3) is 3.10. The highest BCUT2D eigenvalue weighted by Crippen LogP contribution is 2.45. The maximum Gasteiger partial charge on any atom is 0.300 e. The molecular formula is C25H20N2O5. The van der Waals surface area contributed by atoms with E-state index in [1.807, 2.05) is 6.92 Å². The number of aliphatic hydroxyl groups excluding tert-OH is 1. The van der Waals surface area contributed by atoms with Crippen LogP contribution in [0.3, 0.4) is 0 Å². The summed E-state index contributed by atoms with van der Waals surface area (Å²) < 4.78 is 5.52. The number of benzene rings is 2. The highest BCUT2D eigenvalue weighted by Gasteiger charge is 2.47. The number of fused-ring (bicyclic) bond motifs is 1. The van der Waals surface area contributed by atoms with Crippen LogP contribution in [0.25, 0.3) is 5.76 Å². The fraction of sp³-hybridized carbons (Fsp3) is 0.160. The number of rotatable bonds is 3. The topological polar surface area (TPSA) is 100.0 Å². The molecule has 0 spiro atoms. The van der Waals surface area contributed by atoms with Crippen molar-refractivity contribution in [3.63, 3.8) is 0 Å². The number of carbonyl (C=O) groups excluding carboxylic acids is 2. The van der Waals surface area contributed by atoms with Gasteiger partial charge >= 0.3 is 0 Å². The van der Waals surface area contributed by atoms with Gasteiger partial charge in [0.15, 0.2) is 0 Å². The van der Waals surface area contributed by atoms with Crippen molar-refractivity contribution in [2.45, 2.75) is 19.4 Å². The normalized spacial score (nSPS) is 19.2. The number of ether oxygens (including phenoxy) is 1. The van der Waals surface area contributed by atoms with E-state index in [0.717, 1.165) is 16.9 Å². The minimum atomic E-state index is -0.944. The van der Waals surface area contributed by atoms with E-state index in [1.165, 1.54) is 11.0 Å². The number of ketones is 1. The molecule has 7 nitrogen and oxygen atoms in total. The van der Waals surface area contributed by atoms with Crippen LogP contribution in [0.1, 0.15) is 28.3 Å². The van der Waals surface area contributed by atoms with Gasteiger partial charge in [0.05, 0.1) is 23.9 Å². The van der Waals surface area contributed by atoms with Gasteiger partial charge in [0.2, 0.25) is 0 Å². The highest BCUT2D eigenvalue weighted by molar-refractivity contribution is 6.51. The quantitative estimate of drug-likeness (QED) is 0.375. The van der Waals surface area contributed by atoms with E-state index in [-0.39, 0.29) is 22.8 Å². The number of carbonyl (C=O) groups is 2. The van der Waals surface area contributed by atoms with Crippen LogP contribution >= 0.6 is 0 Å². The third-order valence-corrected chi connectivity index (χ3v) is 5.80. The average Bonchev–Trinajstić information content (AvgIpc) is 3.38. The number of hydrogen-bond donors (Lipinski definition) is 2. The number of aromatic hydroxyl groups is 1. The Morgan fingerprint density at radius 1 is 1.16 bits per heavy atom. The van der Waals surface area contributed by atoms with Gasteiger partial charge in [-0.15, -0.1) is 0 Å². The van der Waals surface area contributed by atoms with Gasteiger partial charge in [0, 0.05) is 24.4 Å². The highest BCUT2D eigenvalue weighted by atomic mass is 16.5. The van der Waals surface area contributed by atoms with Gasteiger partial charge in [0.25, 0.3) is 11.7 Å². The van der Waals surface area contributed by atoms with Crippen LogP contribution in [0.15, 0.2) is 66.5 Å². The Balaban J connectivity index is 1.73. The standard InChI is InChI=1S/C25H20N2O5/c1-14-4-6-19(28)18(11-14)27-22(17-3-2-9-26-13-17)21(24(30)25(27)31)23(29)16-5-7-20-15(12-16)8-10-32-20/h2-7,9,11-13,22,28-29H,8,10H2,1H3/b23-21-. The monoisotopic (exact) mass is 428 g/mol. The number of anilines is 1. The van der Waals surface area contributed by atoms with E-state index in [9.17, 15) is 19.8 Å². The number of hydrogen-bond acceptors (Lipinski definition) is 6. The first kappa shape index (κ1) is 19.8. The summed E-state index contributed by atoms with van der Waals surface area (Å²) in [5, 5.41) is 21.7. The van der Waals surface area contributed by atoms with Gasteiger partial charge in [-0.3, -0.25) is 19.5 Å². The Kier molecular flexibility index (Phi) is 4.66. The number of aryl methyl sites for hydroxylation is 1. The number of phenols is 1. The molecule has 1 aromatic heterocycles. The predicted octanol–water partition coefficient (Wildman–Crippen LogP) is 3.66. The molecule has 1 fully saturated rings. The summed E-state index contributed by atoms with van der Waals surface area (Å²) in [6.07, 6.45) is 3.83. The molecule has 3 heterocycles. The number of Topliss-reactive ketones (excluding diaryl/α,β-unsaturated/α-hetero) is 1. The van der Waals surface area contributed by atoms with E-state index >= 15 is 0 Å². The molecule has 2 N–H and O–H groups in total. The molecule has 2 aliphatic heterocycles. The summed E-state index contributed by atoms with van der Waals surface area (Å²) in [4.78, 5) is 31.7. The van der Waals surface area contributed by atoms with Crippen LogP contribution in [-0.2, 0) is 16.0 Å². The molecule has 0 bridgehead atoms. The molecule has 32 heavy (non-hydrogen) atoms. The largest absolute Gasteiger partial charge is 0.507 e. The molecule has 160 valence electrons. The van der Waals surface area contributed by atoms with Crippen LogP contribution in [0.5, 0.6) is 11.5 Å². The van der Waals surface area contributed by atoms with Crippen molar-refractivity contribution in [1.29, 1.82) is 0 Å². The van der Waals surface area contributed by atoms with Crippen LogP contribution in [0, 0.1) is 6.92 Å². The maximum absolute atomic E-state index is 13.2. The number of aliphatic hydroxyl groups is 1. The van der Waals surface area contributed by atoms with Gasteiger partial charge in [0.1, 0.15) is 17.3 Å². The second kappa shape index (κ2) is 7.53. The zero-order valence-electron chi connectivity index (χ0n) is 17.3. The Bertz CT molecular complexity index is 1280. The van der Waals surface area contributed by atoms with Gasteiger partial charge in [-0.05, 0) is 60.0 Å². The Hall–Kier alpha value is -4.13. The van der Waals surface area contributed by atoms with Crippen LogP contribution in [-0.4, -0.2) is 33.5 Å². The molecule has 2 aromatic carbocycles. The maximum atomic E-state index is 13.2. The molecule has 3 aromatic rings. The summed E-state index contributed by atoms with van der Waals surface area (Å²) in [5.41, 5.74) is 2.85. The predicted molar refractivity (Wildman–Crippen MR) is 118 cm³/mol. The first-order chi connectivity index (χ1) is 15.5. The Morgan fingerprint density at radius 3 is 2.78 bits per heavy atom. The van der Waals surface area contributed by atoms with Crippen molar-refractivity contribution < 1.29 is 24.5 Å². The fourth-order valence-corrected chi connectivity index (χ4v) is 4.25. The molecule has 0 aliphatic carbocycles. The first-order valence-corrected chi connectivity index (χ1v) is 10.2. The van der Waals surface area contributed by atoms with Gasteiger partial charge < -0.3 is 14.9 Å². The van der Waals surface area contributed by atoms with Crippen molar-refractivity contribution in [2.24, 2.45) is 0 Å². The Morgan fingerprint density at radius 2 is 2.00 bits per heavy atom. The molecule has 0 saturated carbocycles. The van der Waals surface area contributed by atoms with Gasteiger partial charge in [-0.1, -0.05) is 12.1 Å². The van der Waals surface area contributed by atoms with E-state index in [0.29, 0.717) is 24.2 Å². The zero-order valence-corrected chi connectivity index (χ0v) is 17.3. The summed E-state index contributed by atoms with van der Waals surface area (Å²) in [5.74, 6) is -1.32. The molecule has 7 heteroatoms. The molecular weight excluding hydrogens is 408 g/mol. The lowest BCUT2D eigenvalue weighted by molar-refractivity contribution is -0.132. The van der Waals surface area contributed by atoms with Crippen molar-refractivity contribution >= 4 is 23.1 Å². The lowest BCUT2D eigenvalue weighted by Crippen LogP contribution is -2.29. The number of nitrogens with zero attached hydrogens (tertiary/aromatic N) is 2. The van der Waals surface area contributed by atoms with E-state index in [1.54, 1.807) is 54.9 Å². The SMILES string of the molecule is Cc1ccc(O)c(N2C(=O)C(=O)/C(=C(\O)c3ccc4c(c3)CCO4)C2c2cccnc2)c1. The molecule has 1 unspecified atom stereocenters. The van der Waals surface area contributed by atoms with Crippen molar-refractivity contribution in [1.82, 2.24) is 4.98 Å². The zero-order chi connectivity index (χ0) is 22.4. The average molecular weight is 428 g/mol. The van der Waals surface area contributed by atoms with Crippen LogP contribution < -0.4 is 9.64 Å². The smallest absolute Gasteiger partial charge is 0.300 e. The molecule has 5 rings (SSSR count). The lowest BCUT2D eigenvalue weighted by Gasteiger charge is -2.26. The Labute approximate surface area is 184 Å². The van der Waals surface area contributed by atoms with E-state index < -0.39 is 17.7 Å². The number of phenolic OH excluding ortho intramolecular Hbond substituents is 1. The van der Waals surface area contributed by atoms with Crippen molar-refractivity contribution in [3.05, 3.63) is 88.8 Å². The number of pyridine rings is 1. The fourth-order valence-electron chi connectivity index (χ4n) is 4.25. The minimum Gasteiger partial charge on any atom is -0.507 e. The summed E-state index contributed by atoms with van der Waals surface area (Å²) in [6, 6.07) is 12.5.